The van der Waals surface area contributed by atoms with Gasteiger partial charge in [-0.25, -0.2) is 8.42 Å². The van der Waals surface area contributed by atoms with E-state index >= 15 is 0 Å². The van der Waals surface area contributed by atoms with E-state index in [-0.39, 0.29) is 23.3 Å². The van der Waals surface area contributed by atoms with E-state index in [1.165, 1.54) is 0 Å². The Morgan fingerprint density at radius 2 is 1.80 bits per heavy atom. The predicted octanol–water partition coefficient (Wildman–Crippen LogP) is 2.05. The summed E-state index contributed by atoms with van der Waals surface area (Å²) in [6.45, 7) is 0.448. The van der Waals surface area contributed by atoms with Crippen LogP contribution in [0.15, 0.2) is 30.3 Å². The molecule has 1 amide bonds. The Hall–Kier alpha value is -1.36. The molecular formula is C15H21NO3S. The molecule has 1 aliphatic rings. The van der Waals surface area contributed by atoms with Gasteiger partial charge in [-0.1, -0.05) is 43.2 Å². The SMILES string of the molecule is O=C(CCS(=O)(=O)C1CCCC1)NCc1ccccc1. The van der Waals surface area contributed by atoms with Crippen molar-refractivity contribution in [2.24, 2.45) is 0 Å². The summed E-state index contributed by atoms with van der Waals surface area (Å²) in [4.78, 5) is 11.7. The lowest BCUT2D eigenvalue weighted by molar-refractivity contribution is -0.120. The van der Waals surface area contributed by atoms with E-state index in [1.54, 1.807) is 0 Å². The number of amides is 1. The van der Waals surface area contributed by atoms with Gasteiger partial charge in [-0.2, -0.15) is 0 Å². The van der Waals surface area contributed by atoms with Gasteiger partial charge in [0.1, 0.15) is 0 Å². The molecule has 0 spiro atoms. The number of sulfone groups is 1. The minimum Gasteiger partial charge on any atom is -0.352 e. The van der Waals surface area contributed by atoms with Gasteiger partial charge in [-0.3, -0.25) is 4.79 Å². The molecule has 1 fully saturated rings. The lowest BCUT2D eigenvalue weighted by atomic mass is 10.2. The van der Waals surface area contributed by atoms with Crippen LogP contribution in [-0.4, -0.2) is 25.3 Å². The van der Waals surface area contributed by atoms with E-state index in [4.69, 9.17) is 0 Å². The number of carbonyl (C=O) groups excluding carboxylic acids is 1. The highest BCUT2D eigenvalue weighted by Crippen LogP contribution is 2.25. The zero-order valence-electron chi connectivity index (χ0n) is 11.5. The molecule has 0 radical (unpaired) electrons. The molecule has 1 aromatic rings. The van der Waals surface area contributed by atoms with E-state index in [1.807, 2.05) is 30.3 Å². The molecule has 0 bridgehead atoms. The molecule has 4 nitrogen and oxygen atoms in total. The second-order valence-corrected chi connectivity index (χ2v) is 7.69. The normalized spacial score (nSPS) is 16.2. The predicted molar refractivity (Wildman–Crippen MR) is 78.9 cm³/mol. The van der Waals surface area contributed by atoms with E-state index in [0.717, 1.165) is 31.2 Å². The summed E-state index contributed by atoms with van der Waals surface area (Å²) in [5.41, 5.74) is 1.01. The van der Waals surface area contributed by atoms with Crippen LogP contribution in [-0.2, 0) is 21.2 Å². The van der Waals surface area contributed by atoms with Crippen LogP contribution in [0.25, 0.3) is 0 Å². The van der Waals surface area contributed by atoms with Gasteiger partial charge >= 0.3 is 0 Å². The highest BCUT2D eigenvalue weighted by Gasteiger charge is 2.28. The molecule has 2 rings (SSSR count). The fourth-order valence-corrected chi connectivity index (χ4v) is 4.39. The van der Waals surface area contributed by atoms with Gasteiger partial charge < -0.3 is 5.32 Å². The molecular weight excluding hydrogens is 274 g/mol. The first-order valence-electron chi connectivity index (χ1n) is 7.10. The maximum atomic E-state index is 12.0. The third-order valence-electron chi connectivity index (χ3n) is 3.76. The fraction of sp³-hybridized carbons (Fsp3) is 0.533. The van der Waals surface area contributed by atoms with Crippen molar-refractivity contribution >= 4 is 15.7 Å². The number of carbonyl (C=O) groups is 1. The highest BCUT2D eigenvalue weighted by atomic mass is 32.2. The Labute approximate surface area is 120 Å². The molecule has 0 unspecified atom stereocenters. The van der Waals surface area contributed by atoms with Gasteiger partial charge in [0, 0.05) is 13.0 Å². The Morgan fingerprint density at radius 3 is 2.45 bits per heavy atom. The van der Waals surface area contributed by atoms with Crippen LogP contribution in [0, 0.1) is 0 Å². The van der Waals surface area contributed by atoms with Crippen LogP contribution in [0.2, 0.25) is 0 Å². The number of rotatable bonds is 6. The van der Waals surface area contributed by atoms with Crippen molar-refractivity contribution in [1.29, 1.82) is 0 Å². The zero-order chi connectivity index (χ0) is 14.4. The Bertz CT molecular complexity index is 533. The standard InChI is InChI=1S/C15H21NO3S/c17-15(16-12-13-6-2-1-3-7-13)10-11-20(18,19)14-8-4-5-9-14/h1-3,6-7,14H,4-5,8-12H2,(H,16,17). The highest BCUT2D eigenvalue weighted by molar-refractivity contribution is 7.92. The molecule has 20 heavy (non-hydrogen) atoms. The number of nitrogens with one attached hydrogen (secondary N) is 1. The van der Waals surface area contributed by atoms with Gasteiger partial charge in [0.2, 0.25) is 5.91 Å². The Kier molecular flexibility index (Phi) is 5.17. The quantitative estimate of drug-likeness (QED) is 0.873. The van der Waals surface area contributed by atoms with E-state index in [9.17, 15) is 13.2 Å². The van der Waals surface area contributed by atoms with Crippen molar-refractivity contribution in [3.63, 3.8) is 0 Å². The molecule has 0 aromatic heterocycles. The first kappa shape index (κ1) is 15.0. The van der Waals surface area contributed by atoms with Crippen LogP contribution < -0.4 is 5.32 Å². The largest absolute Gasteiger partial charge is 0.352 e. The maximum Gasteiger partial charge on any atom is 0.221 e. The molecule has 1 saturated carbocycles. The fourth-order valence-electron chi connectivity index (χ4n) is 2.53. The molecule has 110 valence electrons. The monoisotopic (exact) mass is 295 g/mol. The lowest BCUT2D eigenvalue weighted by Gasteiger charge is -2.11. The second-order valence-electron chi connectivity index (χ2n) is 5.29. The lowest BCUT2D eigenvalue weighted by Crippen LogP contribution is -2.28. The number of hydrogen-bond donors (Lipinski definition) is 1. The van der Waals surface area contributed by atoms with Crippen LogP contribution in [0.5, 0.6) is 0 Å². The van der Waals surface area contributed by atoms with E-state index < -0.39 is 9.84 Å². The van der Waals surface area contributed by atoms with Gasteiger partial charge in [0.25, 0.3) is 0 Å². The summed E-state index contributed by atoms with van der Waals surface area (Å²) in [5, 5.41) is 2.54. The molecule has 0 aliphatic heterocycles. The average Bonchev–Trinajstić information content (AvgIpc) is 2.99. The van der Waals surface area contributed by atoms with Crippen molar-refractivity contribution in [2.45, 2.75) is 43.9 Å². The van der Waals surface area contributed by atoms with Crippen molar-refractivity contribution in [3.8, 4) is 0 Å². The topological polar surface area (TPSA) is 63.2 Å². The molecule has 5 heteroatoms. The Balaban J connectivity index is 1.75. The van der Waals surface area contributed by atoms with Gasteiger partial charge in [0.15, 0.2) is 9.84 Å². The summed E-state index contributed by atoms with van der Waals surface area (Å²) < 4.78 is 24.1. The summed E-state index contributed by atoms with van der Waals surface area (Å²) >= 11 is 0. The van der Waals surface area contributed by atoms with Crippen LogP contribution in [0.4, 0.5) is 0 Å². The van der Waals surface area contributed by atoms with E-state index in [2.05, 4.69) is 5.32 Å². The number of hydrogen-bond acceptors (Lipinski definition) is 3. The summed E-state index contributed by atoms with van der Waals surface area (Å²) in [6, 6.07) is 9.59. The van der Waals surface area contributed by atoms with Gasteiger partial charge in [-0.05, 0) is 18.4 Å². The summed E-state index contributed by atoms with van der Waals surface area (Å²) in [7, 11) is -3.10. The molecule has 0 atom stereocenters. The first-order valence-corrected chi connectivity index (χ1v) is 8.82. The van der Waals surface area contributed by atoms with Crippen molar-refractivity contribution < 1.29 is 13.2 Å². The zero-order valence-corrected chi connectivity index (χ0v) is 12.4. The van der Waals surface area contributed by atoms with Crippen molar-refractivity contribution in [1.82, 2.24) is 5.32 Å². The average molecular weight is 295 g/mol. The van der Waals surface area contributed by atoms with Crippen LogP contribution in [0.1, 0.15) is 37.7 Å². The van der Waals surface area contributed by atoms with Gasteiger partial charge in [-0.15, -0.1) is 0 Å². The summed E-state index contributed by atoms with van der Waals surface area (Å²) in [6.07, 6.45) is 3.56. The van der Waals surface area contributed by atoms with E-state index in [0.29, 0.717) is 6.54 Å². The van der Waals surface area contributed by atoms with Crippen LogP contribution in [0.3, 0.4) is 0 Å². The molecule has 1 aromatic carbocycles. The minimum absolute atomic E-state index is 0.0295. The molecule has 1 aliphatic carbocycles. The molecule has 0 heterocycles. The van der Waals surface area contributed by atoms with Crippen molar-refractivity contribution in [2.75, 3.05) is 5.75 Å². The van der Waals surface area contributed by atoms with Crippen LogP contribution >= 0.6 is 0 Å². The third-order valence-corrected chi connectivity index (χ3v) is 6.02. The number of benzene rings is 1. The molecule has 1 N–H and O–H groups in total. The van der Waals surface area contributed by atoms with Gasteiger partial charge in [0.05, 0.1) is 11.0 Å². The maximum absolute atomic E-state index is 12.0. The molecule has 0 saturated heterocycles. The second kappa shape index (κ2) is 6.88. The third kappa shape index (κ3) is 4.34. The first-order chi connectivity index (χ1) is 9.58. The van der Waals surface area contributed by atoms with Crippen molar-refractivity contribution in [3.05, 3.63) is 35.9 Å². The minimum atomic E-state index is -3.10. The summed E-state index contributed by atoms with van der Waals surface area (Å²) in [5.74, 6) is -0.228. The smallest absolute Gasteiger partial charge is 0.221 e. The Morgan fingerprint density at radius 1 is 1.15 bits per heavy atom.